The lowest BCUT2D eigenvalue weighted by Crippen LogP contribution is -2.41. The van der Waals surface area contributed by atoms with Gasteiger partial charge in [0.1, 0.15) is 0 Å². The van der Waals surface area contributed by atoms with Crippen molar-refractivity contribution in [2.24, 2.45) is 0 Å². The van der Waals surface area contributed by atoms with Gasteiger partial charge < -0.3 is 9.84 Å². The fraction of sp³-hybridized carbons (Fsp3) is 0.375. The first-order valence-electron chi connectivity index (χ1n) is 10.6. The molecule has 0 fully saturated rings. The summed E-state index contributed by atoms with van der Waals surface area (Å²) in [4.78, 5) is 11.6. The number of aryl methyl sites for hydroxylation is 1. The summed E-state index contributed by atoms with van der Waals surface area (Å²) >= 11 is 0. The number of benzene rings is 2. The average Bonchev–Trinajstić information content (AvgIpc) is 2.78. The minimum atomic E-state index is -5.25. The molecule has 2 aromatic carbocycles. The van der Waals surface area contributed by atoms with E-state index in [-0.39, 0.29) is 23.6 Å². The molecule has 0 aromatic heterocycles. The van der Waals surface area contributed by atoms with Crippen LogP contribution in [0.1, 0.15) is 48.2 Å². The quantitative estimate of drug-likeness (QED) is 0.333. The summed E-state index contributed by atoms with van der Waals surface area (Å²) in [5.74, 6) is 1.00. The number of carbonyl (C=O) groups excluding carboxylic acids is 1. The molecule has 0 aliphatic rings. The third-order valence-corrected chi connectivity index (χ3v) is 6.63. The second-order valence-corrected chi connectivity index (χ2v) is 9.35. The van der Waals surface area contributed by atoms with Crippen LogP contribution >= 0.6 is 0 Å². The van der Waals surface area contributed by atoms with Crippen molar-refractivity contribution < 1.29 is 36.2 Å². The number of esters is 1. The highest BCUT2D eigenvalue weighted by atomic mass is 32.2. The van der Waals surface area contributed by atoms with Gasteiger partial charge >= 0.3 is 12.1 Å². The first kappa shape index (κ1) is 27.2. The van der Waals surface area contributed by atoms with Crippen molar-refractivity contribution in [3.05, 3.63) is 65.2 Å². The lowest BCUT2D eigenvalue weighted by molar-refractivity contribution is -0.240. The lowest BCUT2D eigenvalue weighted by Gasteiger charge is -2.26. The van der Waals surface area contributed by atoms with E-state index in [4.69, 9.17) is 4.74 Å². The van der Waals surface area contributed by atoms with Gasteiger partial charge in [0.15, 0.2) is 0 Å². The van der Waals surface area contributed by atoms with Gasteiger partial charge in [-0.15, -0.1) is 0 Å². The van der Waals surface area contributed by atoms with Gasteiger partial charge in [-0.05, 0) is 50.5 Å². The Bertz CT molecular complexity index is 1150. The van der Waals surface area contributed by atoms with Gasteiger partial charge in [0, 0.05) is 18.2 Å². The van der Waals surface area contributed by atoms with Gasteiger partial charge in [-0.25, -0.2) is 17.5 Å². The molecule has 0 unspecified atom stereocenters. The monoisotopic (exact) mass is 497 g/mol. The number of hydrogen-bond acceptors (Lipinski definition) is 5. The van der Waals surface area contributed by atoms with E-state index >= 15 is 0 Å². The predicted molar refractivity (Wildman–Crippen MR) is 120 cm³/mol. The summed E-state index contributed by atoms with van der Waals surface area (Å²) < 4.78 is 73.3. The molecule has 0 amide bonds. The number of alkyl halides is 3. The number of nitrogens with zero attached hydrogens (tertiary/aromatic N) is 1. The van der Waals surface area contributed by atoms with E-state index in [1.54, 1.807) is 38.8 Å². The zero-order valence-electron chi connectivity index (χ0n) is 19.0. The average molecular weight is 498 g/mol. The van der Waals surface area contributed by atoms with Crippen molar-refractivity contribution in [1.82, 2.24) is 4.31 Å². The van der Waals surface area contributed by atoms with E-state index in [0.29, 0.717) is 17.1 Å². The Balaban J connectivity index is 2.53. The maximum Gasteiger partial charge on any atom is 0.433 e. The molecule has 0 spiro atoms. The van der Waals surface area contributed by atoms with Crippen molar-refractivity contribution in [3.63, 3.8) is 0 Å². The Morgan fingerprint density at radius 3 is 2.15 bits per heavy atom. The van der Waals surface area contributed by atoms with E-state index in [1.165, 1.54) is 12.1 Å². The second kappa shape index (κ2) is 10.9. The van der Waals surface area contributed by atoms with Gasteiger partial charge in [0.2, 0.25) is 5.60 Å². The smallest absolute Gasteiger partial charge is 0.433 e. The number of aliphatic hydroxyl groups is 1. The number of ether oxygens (including phenoxy) is 1. The third kappa shape index (κ3) is 6.10. The molecular weight excluding hydrogens is 471 g/mol. The van der Waals surface area contributed by atoms with Crippen LogP contribution in [0.4, 0.5) is 13.2 Å². The highest BCUT2D eigenvalue weighted by Gasteiger charge is 2.54. The van der Waals surface area contributed by atoms with Gasteiger partial charge in [-0.1, -0.05) is 43.2 Å². The van der Waals surface area contributed by atoms with Crippen molar-refractivity contribution in [1.29, 1.82) is 0 Å². The number of halogens is 3. The molecule has 0 aliphatic carbocycles. The van der Waals surface area contributed by atoms with E-state index in [2.05, 4.69) is 0 Å². The fourth-order valence-corrected chi connectivity index (χ4v) is 4.16. The Hall–Kier alpha value is -3.03. The van der Waals surface area contributed by atoms with Gasteiger partial charge in [-0.2, -0.15) is 13.2 Å². The first-order chi connectivity index (χ1) is 15.9. The molecule has 0 bridgehead atoms. The summed E-state index contributed by atoms with van der Waals surface area (Å²) in [6, 6.07) is 11.8. The van der Waals surface area contributed by atoms with Crippen molar-refractivity contribution >= 4 is 16.0 Å². The molecule has 10 heteroatoms. The number of hydrogen-bond donors (Lipinski definition) is 1. The van der Waals surface area contributed by atoms with Crippen LogP contribution in [-0.4, -0.2) is 43.1 Å². The maximum absolute atomic E-state index is 13.9. The molecule has 1 N–H and O–H groups in total. The van der Waals surface area contributed by atoms with Crippen LogP contribution in [0.15, 0.2) is 53.4 Å². The standard InChI is InChI=1S/C24H26F3NO5S/c1-4-6-16-28(34(31,32)21-13-7-18(3)8-14-21)17-15-23(30,24(25,26)27)20-11-9-19(10-12-20)22(29)33-5-2/h7-14,30H,4-6,16H2,1-3H3/t23-/m0/s1. The minimum absolute atomic E-state index is 0.00500. The summed E-state index contributed by atoms with van der Waals surface area (Å²) in [6.07, 6.45) is -4.34. The Morgan fingerprint density at radius 1 is 1.06 bits per heavy atom. The Labute approximate surface area is 197 Å². The highest BCUT2D eigenvalue weighted by Crippen LogP contribution is 2.38. The maximum atomic E-state index is 13.9. The number of sulfonamides is 1. The largest absolute Gasteiger partial charge is 0.462 e. The molecule has 0 saturated heterocycles. The fourth-order valence-electron chi connectivity index (χ4n) is 2.89. The lowest BCUT2D eigenvalue weighted by atomic mass is 9.93. The zero-order valence-corrected chi connectivity index (χ0v) is 19.8. The molecule has 0 heterocycles. The van der Waals surface area contributed by atoms with Crippen LogP contribution in [0.5, 0.6) is 0 Å². The SMILES string of the molecule is CCCCN(C#C[C@](O)(c1ccc(C(=O)OCC)cc1)C(F)(F)F)S(=O)(=O)c1ccc(C)cc1. The molecule has 184 valence electrons. The molecule has 2 rings (SSSR count). The number of carbonyl (C=O) groups is 1. The van der Waals surface area contributed by atoms with Gasteiger partial charge in [0.25, 0.3) is 10.0 Å². The molecule has 1 atom stereocenters. The van der Waals surface area contributed by atoms with Gasteiger partial charge in [0.05, 0.1) is 17.1 Å². The van der Waals surface area contributed by atoms with Crippen LogP contribution in [0, 0.1) is 18.9 Å². The summed E-state index contributed by atoms with van der Waals surface area (Å²) in [6.45, 7) is 5.07. The molecule has 6 nitrogen and oxygen atoms in total. The molecule has 2 aromatic rings. The Morgan fingerprint density at radius 2 is 1.65 bits per heavy atom. The predicted octanol–water partition coefficient (Wildman–Crippen LogP) is 4.37. The van der Waals surface area contributed by atoms with Crippen LogP contribution < -0.4 is 0 Å². The minimum Gasteiger partial charge on any atom is -0.462 e. The van der Waals surface area contributed by atoms with Crippen LogP contribution in [0.25, 0.3) is 0 Å². The molecule has 34 heavy (non-hydrogen) atoms. The molecule has 0 aliphatic heterocycles. The normalized spacial score (nSPS) is 13.4. The van der Waals surface area contributed by atoms with Crippen molar-refractivity contribution in [2.75, 3.05) is 13.2 Å². The van der Waals surface area contributed by atoms with Crippen LogP contribution in [0.3, 0.4) is 0 Å². The Kier molecular flexibility index (Phi) is 8.75. The van der Waals surface area contributed by atoms with Gasteiger partial charge in [-0.3, -0.25) is 0 Å². The van der Waals surface area contributed by atoms with Crippen molar-refractivity contribution in [3.8, 4) is 12.0 Å². The second-order valence-electron chi connectivity index (χ2n) is 7.49. The van der Waals surface area contributed by atoms with E-state index in [0.717, 1.165) is 29.8 Å². The van der Waals surface area contributed by atoms with Crippen molar-refractivity contribution in [2.45, 2.75) is 50.3 Å². The summed E-state index contributed by atoms with van der Waals surface area (Å²) in [5.41, 5.74) is -3.53. The molecule has 0 saturated carbocycles. The first-order valence-corrected chi connectivity index (χ1v) is 12.0. The summed E-state index contributed by atoms with van der Waals surface area (Å²) in [7, 11) is -4.24. The van der Waals surface area contributed by atoms with Crippen LogP contribution in [-0.2, 0) is 20.4 Å². The van der Waals surface area contributed by atoms with E-state index in [1.807, 2.05) is 6.04 Å². The highest BCUT2D eigenvalue weighted by molar-refractivity contribution is 7.89. The molecule has 0 radical (unpaired) electrons. The van der Waals surface area contributed by atoms with Crippen LogP contribution in [0.2, 0.25) is 0 Å². The topological polar surface area (TPSA) is 83.9 Å². The third-order valence-electron chi connectivity index (χ3n) is 4.91. The number of rotatable bonds is 8. The number of unbranched alkanes of at least 4 members (excludes halogenated alkanes) is 1. The van der Waals surface area contributed by atoms with E-state index in [9.17, 15) is 31.5 Å². The zero-order chi connectivity index (χ0) is 25.6. The molecular formula is C24H26F3NO5S. The summed E-state index contributed by atoms with van der Waals surface area (Å²) in [5, 5.41) is 10.6. The van der Waals surface area contributed by atoms with E-state index < -0.39 is 33.3 Å².